The number of nitrogens with one attached hydrogen (secondary N) is 2. The van der Waals surface area contributed by atoms with Gasteiger partial charge in [-0.1, -0.05) is 0 Å². The Morgan fingerprint density at radius 3 is 2.65 bits per heavy atom. The molecule has 5 heteroatoms. The van der Waals surface area contributed by atoms with Gasteiger partial charge in [-0.15, -0.1) is 0 Å². The number of benzene rings is 1. The SMILES string of the molecule is COc1ccc(NC(=O)c2[nH]c(C)cc2C)cc1CO. The van der Waals surface area contributed by atoms with E-state index < -0.39 is 0 Å². The number of aliphatic hydroxyl groups excluding tert-OH is 1. The molecule has 1 amide bonds. The number of anilines is 1. The van der Waals surface area contributed by atoms with E-state index in [4.69, 9.17) is 4.74 Å². The molecule has 2 aromatic rings. The molecule has 1 aromatic heterocycles. The van der Waals surface area contributed by atoms with Gasteiger partial charge in [0.1, 0.15) is 11.4 Å². The van der Waals surface area contributed by atoms with E-state index in [-0.39, 0.29) is 12.5 Å². The zero-order chi connectivity index (χ0) is 14.7. The highest BCUT2D eigenvalue weighted by molar-refractivity contribution is 6.04. The zero-order valence-corrected chi connectivity index (χ0v) is 11.8. The molecule has 0 saturated heterocycles. The summed E-state index contributed by atoms with van der Waals surface area (Å²) in [6.07, 6.45) is 0. The van der Waals surface area contributed by atoms with Crippen LogP contribution in [-0.2, 0) is 6.61 Å². The molecule has 0 radical (unpaired) electrons. The lowest BCUT2D eigenvalue weighted by atomic mass is 10.1. The Morgan fingerprint density at radius 1 is 1.35 bits per heavy atom. The van der Waals surface area contributed by atoms with E-state index in [2.05, 4.69) is 10.3 Å². The maximum atomic E-state index is 12.2. The molecule has 0 unspecified atom stereocenters. The number of aromatic amines is 1. The average Bonchev–Trinajstić information content (AvgIpc) is 2.77. The third kappa shape index (κ3) is 2.83. The van der Waals surface area contributed by atoms with Crippen LogP contribution in [0.3, 0.4) is 0 Å². The number of amides is 1. The van der Waals surface area contributed by atoms with Crippen molar-refractivity contribution in [2.24, 2.45) is 0 Å². The third-order valence-electron chi connectivity index (χ3n) is 3.09. The number of carbonyl (C=O) groups is 1. The quantitative estimate of drug-likeness (QED) is 0.801. The summed E-state index contributed by atoms with van der Waals surface area (Å²) in [6.45, 7) is 3.64. The molecule has 5 nitrogen and oxygen atoms in total. The van der Waals surface area contributed by atoms with E-state index in [9.17, 15) is 9.90 Å². The number of hydrogen-bond acceptors (Lipinski definition) is 3. The first-order chi connectivity index (χ1) is 9.55. The number of aryl methyl sites for hydroxylation is 2. The molecular formula is C15H18N2O3. The summed E-state index contributed by atoms with van der Waals surface area (Å²) in [4.78, 5) is 15.2. The van der Waals surface area contributed by atoms with Gasteiger partial charge >= 0.3 is 0 Å². The zero-order valence-electron chi connectivity index (χ0n) is 11.8. The highest BCUT2D eigenvalue weighted by atomic mass is 16.5. The number of aliphatic hydroxyl groups is 1. The van der Waals surface area contributed by atoms with Crippen LogP contribution >= 0.6 is 0 Å². The van der Waals surface area contributed by atoms with Crippen LogP contribution in [0.4, 0.5) is 5.69 Å². The molecule has 2 rings (SSSR count). The molecule has 0 atom stereocenters. The molecule has 0 bridgehead atoms. The Morgan fingerprint density at radius 2 is 2.10 bits per heavy atom. The Bertz CT molecular complexity index is 632. The van der Waals surface area contributed by atoms with E-state index in [1.54, 1.807) is 18.2 Å². The van der Waals surface area contributed by atoms with E-state index in [0.29, 0.717) is 22.7 Å². The van der Waals surface area contributed by atoms with Crippen molar-refractivity contribution in [2.45, 2.75) is 20.5 Å². The number of rotatable bonds is 4. The molecule has 0 fully saturated rings. The summed E-state index contributed by atoms with van der Waals surface area (Å²) in [6, 6.07) is 7.07. The molecule has 0 aliphatic carbocycles. The Kier molecular flexibility index (Phi) is 4.10. The molecule has 0 saturated carbocycles. The van der Waals surface area contributed by atoms with Gasteiger partial charge in [0.15, 0.2) is 0 Å². The van der Waals surface area contributed by atoms with E-state index in [0.717, 1.165) is 11.3 Å². The van der Waals surface area contributed by atoms with Crippen molar-refractivity contribution in [2.75, 3.05) is 12.4 Å². The highest BCUT2D eigenvalue weighted by Crippen LogP contribution is 2.23. The largest absolute Gasteiger partial charge is 0.496 e. The second kappa shape index (κ2) is 5.79. The van der Waals surface area contributed by atoms with Gasteiger partial charge in [-0.3, -0.25) is 4.79 Å². The van der Waals surface area contributed by atoms with Crippen LogP contribution in [0, 0.1) is 13.8 Å². The minimum absolute atomic E-state index is 0.145. The molecule has 1 aromatic carbocycles. The molecule has 1 heterocycles. The van der Waals surface area contributed by atoms with Gasteiger partial charge in [-0.05, 0) is 43.7 Å². The van der Waals surface area contributed by atoms with Gasteiger partial charge in [0, 0.05) is 16.9 Å². The van der Waals surface area contributed by atoms with Crippen molar-refractivity contribution in [1.82, 2.24) is 4.98 Å². The van der Waals surface area contributed by atoms with E-state index in [1.807, 2.05) is 19.9 Å². The second-order valence-electron chi connectivity index (χ2n) is 4.65. The van der Waals surface area contributed by atoms with Crippen molar-refractivity contribution >= 4 is 11.6 Å². The summed E-state index contributed by atoms with van der Waals surface area (Å²) in [5.41, 5.74) is 3.63. The highest BCUT2D eigenvalue weighted by Gasteiger charge is 2.12. The van der Waals surface area contributed by atoms with Gasteiger partial charge in [-0.2, -0.15) is 0 Å². The number of methoxy groups -OCH3 is 1. The smallest absolute Gasteiger partial charge is 0.272 e. The standard InChI is InChI=1S/C15H18N2O3/c1-9-6-10(2)16-14(9)15(19)17-12-4-5-13(20-3)11(7-12)8-18/h4-7,16,18H,8H2,1-3H3,(H,17,19). The van der Waals surface area contributed by atoms with Gasteiger partial charge in [-0.25, -0.2) is 0 Å². The first kappa shape index (κ1) is 14.1. The van der Waals surface area contributed by atoms with Crippen LogP contribution in [0.25, 0.3) is 0 Å². The molecule has 0 spiro atoms. The molecular weight excluding hydrogens is 256 g/mol. The summed E-state index contributed by atoms with van der Waals surface area (Å²) in [7, 11) is 1.54. The first-order valence-corrected chi connectivity index (χ1v) is 6.30. The molecule has 0 aliphatic heterocycles. The van der Waals surface area contributed by atoms with Crippen molar-refractivity contribution in [3.05, 3.63) is 46.8 Å². The number of aromatic nitrogens is 1. The fourth-order valence-electron chi connectivity index (χ4n) is 2.14. The lowest BCUT2D eigenvalue weighted by Gasteiger charge is -2.10. The predicted molar refractivity (Wildman–Crippen MR) is 77.1 cm³/mol. The normalized spacial score (nSPS) is 10.4. The molecule has 106 valence electrons. The number of ether oxygens (including phenoxy) is 1. The summed E-state index contributed by atoms with van der Waals surface area (Å²) >= 11 is 0. The lowest BCUT2D eigenvalue weighted by molar-refractivity contribution is 0.102. The maximum Gasteiger partial charge on any atom is 0.272 e. The molecule has 0 aliphatic rings. The van der Waals surface area contributed by atoms with Crippen LogP contribution in [-0.4, -0.2) is 23.1 Å². The van der Waals surface area contributed by atoms with Crippen LogP contribution in [0.15, 0.2) is 24.3 Å². The van der Waals surface area contributed by atoms with Crippen LogP contribution in [0.1, 0.15) is 27.3 Å². The number of carbonyl (C=O) groups excluding carboxylic acids is 1. The van der Waals surface area contributed by atoms with Crippen molar-refractivity contribution < 1.29 is 14.6 Å². The van der Waals surface area contributed by atoms with Crippen LogP contribution < -0.4 is 10.1 Å². The fraction of sp³-hybridized carbons (Fsp3) is 0.267. The second-order valence-corrected chi connectivity index (χ2v) is 4.65. The summed E-state index contributed by atoms with van der Waals surface area (Å²) < 4.78 is 5.12. The third-order valence-corrected chi connectivity index (χ3v) is 3.09. The minimum atomic E-state index is -0.204. The van der Waals surface area contributed by atoms with Gasteiger partial charge in [0.05, 0.1) is 13.7 Å². The predicted octanol–water partition coefficient (Wildman–Crippen LogP) is 2.38. The van der Waals surface area contributed by atoms with Gasteiger partial charge < -0.3 is 20.1 Å². The molecule has 3 N–H and O–H groups in total. The van der Waals surface area contributed by atoms with Gasteiger partial charge in [0.2, 0.25) is 0 Å². The topological polar surface area (TPSA) is 74.3 Å². The van der Waals surface area contributed by atoms with Crippen molar-refractivity contribution in [1.29, 1.82) is 0 Å². The average molecular weight is 274 g/mol. The van der Waals surface area contributed by atoms with Crippen molar-refractivity contribution in [3.63, 3.8) is 0 Å². The first-order valence-electron chi connectivity index (χ1n) is 6.30. The van der Waals surface area contributed by atoms with Gasteiger partial charge in [0.25, 0.3) is 5.91 Å². The fourth-order valence-corrected chi connectivity index (χ4v) is 2.14. The Balaban J connectivity index is 2.22. The Labute approximate surface area is 117 Å². The lowest BCUT2D eigenvalue weighted by Crippen LogP contribution is -2.13. The number of hydrogen-bond donors (Lipinski definition) is 3. The van der Waals surface area contributed by atoms with Crippen LogP contribution in [0.5, 0.6) is 5.75 Å². The molecule has 20 heavy (non-hydrogen) atoms. The Hall–Kier alpha value is -2.27. The minimum Gasteiger partial charge on any atom is -0.496 e. The van der Waals surface area contributed by atoms with E-state index >= 15 is 0 Å². The van der Waals surface area contributed by atoms with E-state index in [1.165, 1.54) is 7.11 Å². The monoisotopic (exact) mass is 274 g/mol. The summed E-state index contributed by atoms with van der Waals surface area (Å²) in [5.74, 6) is 0.391. The van der Waals surface area contributed by atoms with Crippen LogP contribution in [0.2, 0.25) is 0 Å². The number of H-pyrrole nitrogens is 1. The summed E-state index contributed by atoms with van der Waals surface area (Å²) in [5, 5.41) is 12.1. The van der Waals surface area contributed by atoms with Crippen molar-refractivity contribution in [3.8, 4) is 5.75 Å². The maximum absolute atomic E-state index is 12.2.